The molecule has 2 heterocycles. The van der Waals surface area contributed by atoms with Crippen LogP contribution in [-0.2, 0) is 4.74 Å². The van der Waals surface area contributed by atoms with Gasteiger partial charge >= 0.3 is 0 Å². The van der Waals surface area contributed by atoms with Crippen LogP contribution in [0.4, 0.5) is 5.69 Å². The van der Waals surface area contributed by atoms with Gasteiger partial charge < -0.3 is 14.5 Å². The van der Waals surface area contributed by atoms with E-state index in [0.717, 1.165) is 25.2 Å². The van der Waals surface area contributed by atoms with Gasteiger partial charge in [0.05, 0.1) is 29.8 Å². The summed E-state index contributed by atoms with van der Waals surface area (Å²) in [5, 5.41) is 0.539. The van der Waals surface area contributed by atoms with E-state index < -0.39 is 0 Å². The second-order valence-electron chi connectivity index (χ2n) is 6.35. The molecule has 0 bridgehead atoms. The lowest BCUT2D eigenvalue weighted by molar-refractivity contribution is -0.00278. The summed E-state index contributed by atoms with van der Waals surface area (Å²) in [6, 6.07) is 6.00. The molecule has 2 saturated heterocycles. The Kier molecular flexibility index (Phi) is 5.44. The van der Waals surface area contributed by atoms with Crippen LogP contribution in [0.15, 0.2) is 18.2 Å². The number of anilines is 1. The van der Waals surface area contributed by atoms with Crippen LogP contribution in [0.25, 0.3) is 0 Å². The number of ether oxygens (including phenoxy) is 1. The number of hydrogen-bond donors (Lipinski definition) is 0. The third kappa shape index (κ3) is 3.64. The lowest BCUT2D eigenvalue weighted by Gasteiger charge is -2.35. The highest BCUT2D eigenvalue weighted by Crippen LogP contribution is 2.27. The fourth-order valence-corrected chi connectivity index (χ4v) is 3.64. The molecular formula is C18H25ClN2O2. The number of carbonyl (C=O) groups is 1. The standard InChI is InChI=1S/C18H25ClN2O2/c1-2-14-13-23-11-10-21(14)18(22)16-12-15(6-7-17(16)19)20-8-4-3-5-9-20/h6-7,12,14H,2-5,8-11,13H2,1H3/t14-/m0/s1. The molecule has 2 aliphatic heterocycles. The topological polar surface area (TPSA) is 32.8 Å². The average Bonchev–Trinajstić information content (AvgIpc) is 2.62. The summed E-state index contributed by atoms with van der Waals surface area (Å²) in [6.45, 7) is 6.07. The number of morpholine rings is 1. The van der Waals surface area contributed by atoms with Crippen LogP contribution in [0.3, 0.4) is 0 Å². The Balaban J connectivity index is 1.84. The minimum atomic E-state index is 0.0315. The summed E-state index contributed by atoms with van der Waals surface area (Å²) in [6.07, 6.45) is 4.62. The first-order valence-corrected chi connectivity index (χ1v) is 9.01. The van der Waals surface area contributed by atoms with E-state index in [4.69, 9.17) is 16.3 Å². The van der Waals surface area contributed by atoms with Gasteiger partial charge in [-0.3, -0.25) is 4.79 Å². The van der Waals surface area contributed by atoms with Gasteiger partial charge in [0, 0.05) is 25.3 Å². The van der Waals surface area contributed by atoms with Crippen molar-refractivity contribution in [3.63, 3.8) is 0 Å². The molecule has 0 aliphatic carbocycles. The first kappa shape index (κ1) is 16.6. The maximum atomic E-state index is 13.0. The van der Waals surface area contributed by atoms with E-state index in [9.17, 15) is 4.79 Å². The molecular weight excluding hydrogens is 312 g/mol. The molecule has 4 nitrogen and oxygen atoms in total. The Morgan fingerprint density at radius 3 is 2.78 bits per heavy atom. The molecule has 3 rings (SSSR count). The summed E-state index contributed by atoms with van der Waals surface area (Å²) in [4.78, 5) is 17.3. The van der Waals surface area contributed by atoms with Crippen LogP contribution in [0.2, 0.25) is 5.02 Å². The summed E-state index contributed by atoms with van der Waals surface area (Å²) in [5.74, 6) is 0.0315. The van der Waals surface area contributed by atoms with Gasteiger partial charge in [-0.2, -0.15) is 0 Å². The minimum absolute atomic E-state index is 0.0315. The zero-order chi connectivity index (χ0) is 16.2. The average molecular weight is 337 g/mol. The molecule has 0 saturated carbocycles. The molecule has 2 fully saturated rings. The minimum Gasteiger partial charge on any atom is -0.377 e. The van der Waals surface area contributed by atoms with Gasteiger partial charge in [0.15, 0.2) is 0 Å². The first-order chi connectivity index (χ1) is 11.2. The summed E-state index contributed by atoms with van der Waals surface area (Å²) in [7, 11) is 0. The Hall–Kier alpha value is -1.26. The van der Waals surface area contributed by atoms with Crippen LogP contribution >= 0.6 is 11.6 Å². The molecule has 1 atom stereocenters. The van der Waals surface area contributed by atoms with Crippen LogP contribution in [-0.4, -0.2) is 49.7 Å². The normalized spacial score (nSPS) is 22.3. The van der Waals surface area contributed by atoms with Crippen molar-refractivity contribution in [3.05, 3.63) is 28.8 Å². The van der Waals surface area contributed by atoms with Crippen LogP contribution in [0.1, 0.15) is 43.0 Å². The Labute approximate surface area is 143 Å². The molecule has 1 amide bonds. The molecule has 2 aliphatic rings. The fourth-order valence-electron chi connectivity index (χ4n) is 3.44. The fraction of sp³-hybridized carbons (Fsp3) is 0.611. The number of benzene rings is 1. The van der Waals surface area contributed by atoms with Gasteiger partial charge in [-0.1, -0.05) is 18.5 Å². The van der Waals surface area contributed by atoms with Crippen molar-refractivity contribution < 1.29 is 9.53 Å². The van der Waals surface area contributed by atoms with Crippen molar-refractivity contribution in [3.8, 4) is 0 Å². The van der Waals surface area contributed by atoms with Crippen LogP contribution in [0.5, 0.6) is 0 Å². The van der Waals surface area contributed by atoms with E-state index in [0.29, 0.717) is 30.3 Å². The molecule has 0 aromatic heterocycles. The Bertz CT molecular complexity index is 558. The number of nitrogens with zero attached hydrogens (tertiary/aromatic N) is 2. The van der Waals surface area contributed by atoms with Gasteiger partial charge in [0.25, 0.3) is 5.91 Å². The van der Waals surface area contributed by atoms with Gasteiger partial charge in [0.2, 0.25) is 0 Å². The maximum Gasteiger partial charge on any atom is 0.255 e. The van der Waals surface area contributed by atoms with Gasteiger partial charge in [-0.05, 0) is 43.9 Å². The Morgan fingerprint density at radius 1 is 1.26 bits per heavy atom. The largest absolute Gasteiger partial charge is 0.377 e. The van der Waals surface area contributed by atoms with E-state index >= 15 is 0 Å². The number of hydrogen-bond acceptors (Lipinski definition) is 3. The Morgan fingerprint density at radius 2 is 2.04 bits per heavy atom. The van der Waals surface area contributed by atoms with Gasteiger partial charge in [-0.15, -0.1) is 0 Å². The second-order valence-corrected chi connectivity index (χ2v) is 6.75. The number of rotatable bonds is 3. The van der Waals surface area contributed by atoms with Gasteiger partial charge in [-0.25, -0.2) is 0 Å². The van der Waals surface area contributed by atoms with E-state index in [2.05, 4.69) is 11.8 Å². The lowest BCUT2D eigenvalue weighted by atomic mass is 10.1. The van der Waals surface area contributed by atoms with E-state index in [1.165, 1.54) is 19.3 Å². The molecule has 5 heteroatoms. The number of carbonyl (C=O) groups excluding carboxylic acids is 1. The van der Waals surface area contributed by atoms with Gasteiger partial charge in [0.1, 0.15) is 0 Å². The summed E-state index contributed by atoms with van der Waals surface area (Å²) < 4.78 is 5.50. The highest BCUT2D eigenvalue weighted by atomic mass is 35.5. The predicted octanol–water partition coefficient (Wildman–Crippen LogP) is 3.58. The van der Waals surface area contributed by atoms with Crippen molar-refractivity contribution >= 4 is 23.2 Å². The number of amides is 1. The third-order valence-electron chi connectivity index (χ3n) is 4.86. The number of halogens is 1. The van der Waals surface area contributed by atoms with Crippen LogP contribution in [0, 0.1) is 0 Å². The van der Waals surface area contributed by atoms with E-state index in [1.807, 2.05) is 23.1 Å². The molecule has 1 aromatic carbocycles. The quantitative estimate of drug-likeness (QED) is 0.845. The highest BCUT2D eigenvalue weighted by molar-refractivity contribution is 6.34. The zero-order valence-electron chi connectivity index (χ0n) is 13.8. The monoisotopic (exact) mass is 336 g/mol. The smallest absolute Gasteiger partial charge is 0.255 e. The van der Waals surface area contributed by atoms with Crippen molar-refractivity contribution in [2.75, 3.05) is 37.7 Å². The maximum absolute atomic E-state index is 13.0. The SMILES string of the molecule is CC[C@H]1COCCN1C(=O)c1cc(N2CCCCC2)ccc1Cl. The first-order valence-electron chi connectivity index (χ1n) is 8.64. The van der Waals surface area contributed by atoms with Crippen molar-refractivity contribution in [2.24, 2.45) is 0 Å². The lowest BCUT2D eigenvalue weighted by Crippen LogP contribution is -2.48. The van der Waals surface area contributed by atoms with Crippen LogP contribution < -0.4 is 4.90 Å². The predicted molar refractivity (Wildman–Crippen MR) is 93.5 cm³/mol. The molecule has 0 N–H and O–H groups in total. The number of piperidine rings is 1. The van der Waals surface area contributed by atoms with Crippen molar-refractivity contribution in [1.29, 1.82) is 0 Å². The molecule has 126 valence electrons. The van der Waals surface area contributed by atoms with Crippen molar-refractivity contribution in [2.45, 2.75) is 38.6 Å². The second kappa shape index (κ2) is 7.54. The summed E-state index contributed by atoms with van der Waals surface area (Å²) in [5.41, 5.74) is 1.73. The highest BCUT2D eigenvalue weighted by Gasteiger charge is 2.28. The third-order valence-corrected chi connectivity index (χ3v) is 5.19. The van der Waals surface area contributed by atoms with E-state index in [-0.39, 0.29) is 11.9 Å². The molecule has 0 spiro atoms. The molecule has 1 aromatic rings. The van der Waals surface area contributed by atoms with E-state index in [1.54, 1.807) is 0 Å². The summed E-state index contributed by atoms with van der Waals surface area (Å²) >= 11 is 6.34. The molecule has 0 unspecified atom stereocenters. The molecule has 23 heavy (non-hydrogen) atoms. The van der Waals surface area contributed by atoms with Crippen molar-refractivity contribution in [1.82, 2.24) is 4.90 Å². The molecule has 0 radical (unpaired) electrons. The zero-order valence-corrected chi connectivity index (χ0v) is 14.5.